The SMILES string of the molecule is CN(C)c1nccc(CNS(=O)(=O)c2ccccc2OC(F)(F)F)n1. The lowest BCUT2D eigenvalue weighted by Crippen LogP contribution is -2.26. The summed E-state index contributed by atoms with van der Waals surface area (Å²) in [5.41, 5.74) is 0.358. The molecule has 11 heteroatoms. The molecule has 0 amide bonds. The summed E-state index contributed by atoms with van der Waals surface area (Å²) in [6.45, 7) is -0.216. The molecule has 1 aromatic heterocycles. The number of ether oxygens (including phenoxy) is 1. The summed E-state index contributed by atoms with van der Waals surface area (Å²) in [5, 5.41) is 0. The molecule has 0 unspecified atom stereocenters. The molecule has 1 heterocycles. The molecule has 0 radical (unpaired) electrons. The third-order valence-electron chi connectivity index (χ3n) is 2.91. The lowest BCUT2D eigenvalue weighted by molar-refractivity contribution is -0.275. The van der Waals surface area contributed by atoms with Crippen LogP contribution >= 0.6 is 0 Å². The molecular weight excluding hydrogens is 361 g/mol. The van der Waals surface area contributed by atoms with Crippen LogP contribution in [0.4, 0.5) is 19.1 Å². The first kappa shape index (κ1) is 18.9. The minimum atomic E-state index is -5.00. The maximum absolute atomic E-state index is 12.4. The Balaban J connectivity index is 2.21. The van der Waals surface area contributed by atoms with Crippen molar-refractivity contribution in [3.05, 3.63) is 42.2 Å². The first-order valence-corrected chi connectivity index (χ1v) is 8.40. The zero-order valence-corrected chi connectivity index (χ0v) is 14.1. The molecule has 0 aliphatic carbocycles. The van der Waals surface area contributed by atoms with Gasteiger partial charge in [-0.3, -0.25) is 0 Å². The van der Waals surface area contributed by atoms with Gasteiger partial charge in [0.25, 0.3) is 0 Å². The highest BCUT2D eigenvalue weighted by Gasteiger charge is 2.33. The van der Waals surface area contributed by atoms with Crippen LogP contribution < -0.4 is 14.4 Å². The number of benzene rings is 1. The molecule has 0 aliphatic rings. The molecule has 0 saturated heterocycles. The molecule has 0 aliphatic heterocycles. The number of hydrogen-bond acceptors (Lipinski definition) is 6. The van der Waals surface area contributed by atoms with Crippen molar-refractivity contribution >= 4 is 16.0 Å². The lowest BCUT2D eigenvalue weighted by atomic mass is 10.3. The highest BCUT2D eigenvalue weighted by atomic mass is 32.2. The first-order valence-electron chi connectivity index (χ1n) is 6.92. The van der Waals surface area contributed by atoms with Crippen LogP contribution in [0, 0.1) is 0 Å². The normalized spacial score (nSPS) is 12.0. The third kappa shape index (κ3) is 5.29. The van der Waals surface area contributed by atoms with Gasteiger partial charge in [0.2, 0.25) is 16.0 Å². The van der Waals surface area contributed by atoms with E-state index < -0.39 is 27.0 Å². The first-order chi connectivity index (χ1) is 11.6. The number of aromatic nitrogens is 2. The Hall–Kier alpha value is -2.40. The lowest BCUT2D eigenvalue weighted by Gasteiger charge is -2.14. The second kappa shape index (κ2) is 7.23. The number of rotatable bonds is 6. The summed E-state index contributed by atoms with van der Waals surface area (Å²) in [7, 11) is -0.811. The fourth-order valence-corrected chi connectivity index (χ4v) is 2.95. The predicted octanol–water partition coefficient (Wildman–Crippen LogP) is 1.92. The number of anilines is 1. The van der Waals surface area contributed by atoms with Gasteiger partial charge in [-0.05, 0) is 18.2 Å². The van der Waals surface area contributed by atoms with Crippen LogP contribution in [-0.2, 0) is 16.6 Å². The molecule has 0 bridgehead atoms. The van der Waals surface area contributed by atoms with E-state index in [1.807, 2.05) is 0 Å². The molecule has 0 spiro atoms. The van der Waals surface area contributed by atoms with E-state index in [-0.39, 0.29) is 6.54 Å². The highest BCUT2D eigenvalue weighted by Crippen LogP contribution is 2.29. The molecule has 1 aromatic carbocycles. The number of alkyl halides is 3. The summed E-state index contributed by atoms with van der Waals surface area (Å²) >= 11 is 0. The van der Waals surface area contributed by atoms with E-state index in [4.69, 9.17) is 0 Å². The topological polar surface area (TPSA) is 84.4 Å². The molecule has 0 fully saturated rings. The molecule has 7 nitrogen and oxygen atoms in total. The van der Waals surface area contributed by atoms with Gasteiger partial charge in [-0.15, -0.1) is 13.2 Å². The second-order valence-corrected chi connectivity index (χ2v) is 6.80. The molecule has 2 rings (SSSR count). The van der Waals surface area contributed by atoms with Gasteiger partial charge in [-0.25, -0.2) is 23.1 Å². The summed E-state index contributed by atoms with van der Waals surface area (Å²) in [6.07, 6.45) is -3.55. The summed E-state index contributed by atoms with van der Waals surface area (Å²) in [4.78, 5) is 9.13. The maximum Gasteiger partial charge on any atom is 0.573 e. The molecule has 0 atom stereocenters. The second-order valence-electron chi connectivity index (χ2n) is 5.06. The number of nitrogens with one attached hydrogen (secondary N) is 1. The van der Waals surface area contributed by atoms with Crippen molar-refractivity contribution in [2.75, 3.05) is 19.0 Å². The molecule has 1 N–H and O–H groups in total. The van der Waals surface area contributed by atoms with Crippen molar-refractivity contribution in [1.29, 1.82) is 0 Å². The van der Waals surface area contributed by atoms with Crippen molar-refractivity contribution in [3.63, 3.8) is 0 Å². The van der Waals surface area contributed by atoms with Crippen molar-refractivity contribution in [1.82, 2.24) is 14.7 Å². The third-order valence-corrected chi connectivity index (χ3v) is 4.35. The Kier molecular flexibility index (Phi) is 5.48. The minimum Gasteiger partial charge on any atom is -0.404 e. The van der Waals surface area contributed by atoms with Crippen LogP contribution in [0.15, 0.2) is 41.4 Å². The largest absolute Gasteiger partial charge is 0.573 e. The number of halogens is 3. The van der Waals surface area contributed by atoms with Crippen molar-refractivity contribution in [2.45, 2.75) is 17.8 Å². The van der Waals surface area contributed by atoms with Crippen LogP contribution in [0.5, 0.6) is 5.75 Å². The Morgan fingerprint density at radius 2 is 1.88 bits per heavy atom. The summed E-state index contributed by atoms with van der Waals surface area (Å²) in [6, 6.07) is 5.99. The van der Waals surface area contributed by atoms with Crippen LogP contribution in [0.2, 0.25) is 0 Å². The Bertz CT molecular complexity index is 841. The quantitative estimate of drug-likeness (QED) is 0.829. The Morgan fingerprint density at radius 3 is 2.52 bits per heavy atom. The number of para-hydroxylation sites is 1. The summed E-state index contributed by atoms with van der Waals surface area (Å²) < 4.78 is 67.9. The van der Waals surface area contributed by atoms with Gasteiger partial charge < -0.3 is 9.64 Å². The fraction of sp³-hybridized carbons (Fsp3) is 0.286. The van der Waals surface area contributed by atoms with Crippen LogP contribution in [0.25, 0.3) is 0 Å². The van der Waals surface area contributed by atoms with Gasteiger partial charge in [0.15, 0.2) is 0 Å². The van der Waals surface area contributed by atoms with Crippen molar-refractivity contribution in [3.8, 4) is 5.75 Å². The molecule has 2 aromatic rings. The zero-order chi connectivity index (χ0) is 18.7. The van der Waals surface area contributed by atoms with E-state index in [0.29, 0.717) is 11.6 Å². The smallest absolute Gasteiger partial charge is 0.404 e. The predicted molar refractivity (Wildman–Crippen MR) is 83.5 cm³/mol. The van der Waals surface area contributed by atoms with Gasteiger partial charge in [-0.2, -0.15) is 0 Å². The highest BCUT2D eigenvalue weighted by molar-refractivity contribution is 7.89. The summed E-state index contributed by atoms with van der Waals surface area (Å²) in [5.74, 6) is -0.434. The fourth-order valence-electron chi connectivity index (χ4n) is 1.83. The number of hydrogen-bond donors (Lipinski definition) is 1. The van der Waals surface area contributed by atoms with Crippen LogP contribution in [0.1, 0.15) is 5.69 Å². The van der Waals surface area contributed by atoms with Gasteiger partial charge >= 0.3 is 6.36 Å². The number of sulfonamides is 1. The van der Waals surface area contributed by atoms with E-state index in [2.05, 4.69) is 19.4 Å². The van der Waals surface area contributed by atoms with Gasteiger partial charge in [0, 0.05) is 20.3 Å². The molecule has 25 heavy (non-hydrogen) atoms. The zero-order valence-electron chi connectivity index (χ0n) is 13.3. The van der Waals surface area contributed by atoms with E-state index in [1.165, 1.54) is 24.4 Å². The molecular formula is C14H15F3N4O3S. The average molecular weight is 376 g/mol. The van der Waals surface area contributed by atoms with Crippen LogP contribution in [-0.4, -0.2) is 38.8 Å². The van der Waals surface area contributed by atoms with Gasteiger partial charge in [0.1, 0.15) is 10.6 Å². The van der Waals surface area contributed by atoms with E-state index in [9.17, 15) is 21.6 Å². The Labute approximate surface area is 142 Å². The molecule has 136 valence electrons. The average Bonchev–Trinajstić information content (AvgIpc) is 2.52. The minimum absolute atomic E-state index is 0.216. The van der Waals surface area contributed by atoms with E-state index in [0.717, 1.165) is 12.1 Å². The van der Waals surface area contributed by atoms with Gasteiger partial charge in [-0.1, -0.05) is 12.1 Å². The van der Waals surface area contributed by atoms with Crippen molar-refractivity contribution < 1.29 is 26.3 Å². The van der Waals surface area contributed by atoms with Gasteiger partial charge in [0.05, 0.1) is 12.2 Å². The monoisotopic (exact) mass is 376 g/mol. The maximum atomic E-state index is 12.4. The molecule has 0 saturated carbocycles. The standard InChI is InChI=1S/C14H15F3N4O3S/c1-21(2)13-18-8-7-10(20-13)9-19-25(22,23)12-6-4-3-5-11(12)24-14(15,16)17/h3-8,19H,9H2,1-2H3. The Morgan fingerprint density at radius 1 is 1.20 bits per heavy atom. The van der Waals surface area contributed by atoms with Crippen LogP contribution in [0.3, 0.4) is 0 Å². The number of nitrogens with zero attached hydrogens (tertiary/aromatic N) is 3. The van der Waals surface area contributed by atoms with E-state index in [1.54, 1.807) is 19.0 Å². The van der Waals surface area contributed by atoms with Crippen molar-refractivity contribution in [2.24, 2.45) is 0 Å². The van der Waals surface area contributed by atoms with E-state index >= 15 is 0 Å².